The molecular weight excluding hydrogens is 214 g/mol. The van der Waals surface area contributed by atoms with E-state index in [1.165, 1.54) is 0 Å². The second kappa shape index (κ2) is 5.95. The van der Waals surface area contributed by atoms with Crippen molar-refractivity contribution in [3.8, 4) is 5.75 Å². The second-order valence-electron chi connectivity index (χ2n) is 3.28. The van der Waals surface area contributed by atoms with Crippen LogP contribution in [0.3, 0.4) is 0 Å². The number of halogens is 1. The van der Waals surface area contributed by atoms with E-state index >= 15 is 0 Å². The van der Waals surface area contributed by atoms with Crippen LogP contribution in [0.15, 0.2) is 18.2 Å². The van der Waals surface area contributed by atoms with Crippen LogP contribution in [-0.2, 0) is 6.42 Å². The molecule has 0 aliphatic heterocycles. The zero-order valence-electron chi connectivity index (χ0n) is 8.74. The Balaban J connectivity index is 2.86. The highest BCUT2D eigenvalue weighted by Crippen LogP contribution is 2.24. The van der Waals surface area contributed by atoms with E-state index in [1.54, 1.807) is 12.1 Å². The molecule has 0 amide bonds. The molecule has 1 rings (SSSR count). The topological polar surface area (TPSA) is 55.5 Å². The molecule has 0 fully saturated rings. The van der Waals surface area contributed by atoms with Crippen LogP contribution in [0.2, 0.25) is 5.02 Å². The van der Waals surface area contributed by atoms with Crippen molar-refractivity contribution in [1.29, 1.82) is 0 Å². The number of nitrogens with two attached hydrogens (primary N) is 1. The van der Waals surface area contributed by atoms with Gasteiger partial charge in [0.05, 0.1) is 12.7 Å². The summed E-state index contributed by atoms with van der Waals surface area (Å²) in [5, 5.41) is 10.1. The SMILES string of the molecule is CCOc1ccc(Cl)cc1CC(O)CN. The zero-order valence-corrected chi connectivity index (χ0v) is 9.50. The average Bonchev–Trinajstić information content (AvgIpc) is 2.22. The monoisotopic (exact) mass is 229 g/mol. The van der Waals surface area contributed by atoms with Crippen LogP contribution in [0.25, 0.3) is 0 Å². The lowest BCUT2D eigenvalue weighted by Gasteiger charge is -2.13. The molecule has 0 radical (unpaired) electrons. The fourth-order valence-electron chi connectivity index (χ4n) is 1.34. The summed E-state index contributed by atoms with van der Waals surface area (Å²) in [6, 6.07) is 5.38. The van der Waals surface area contributed by atoms with E-state index < -0.39 is 6.10 Å². The van der Waals surface area contributed by atoms with Gasteiger partial charge in [0.15, 0.2) is 0 Å². The molecule has 4 heteroatoms. The van der Waals surface area contributed by atoms with Crippen molar-refractivity contribution in [3.63, 3.8) is 0 Å². The highest BCUT2D eigenvalue weighted by atomic mass is 35.5. The minimum absolute atomic E-state index is 0.234. The minimum Gasteiger partial charge on any atom is -0.494 e. The Kier molecular flexibility index (Phi) is 4.88. The number of aliphatic hydroxyl groups is 1. The molecule has 84 valence electrons. The highest BCUT2D eigenvalue weighted by molar-refractivity contribution is 6.30. The van der Waals surface area contributed by atoms with Crippen molar-refractivity contribution in [1.82, 2.24) is 0 Å². The van der Waals surface area contributed by atoms with E-state index in [2.05, 4.69) is 0 Å². The Morgan fingerprint density at radius 1 is 1.53 bits per heavy atom. The second-order valence-corrected chi connectivity index (χ2v) is 3.72. The van der Waals surface area contributed by atoms with Crippen LogP contribution < -0.4 is 10.5 Å². The van der Waals surface area contributed by atoms with E-state index in [9.17, 15) is 5.11 Å². The van der Waals surface area contributed by atoms with Crippen molar-refractivity contribution in [2.75, 3.05) is 13.2 Å². The van der Waals surface area contributed by atoms with Gasteiger partial charge in [0, 0.05) is 18.0 Å². The van der Waals surface area contributed by atoms with Gasteiger partial charge in [-0.25, -0.2) is 0 Å². The first-order chi connectivity index (χ1) is 7.17. The molecule has 0 spiro atoms. The molecule has 1 atom stereocenters. The molecule has 0 saturated carbocycles. The molecule has 0 heterocycles. The van der Waals surface area contributed by atoms with Gasteiger partial charge in [0.25, 0.3) is 0 Å². The lowest BCUT2D eigenvalue weighted by atomic mass is 10.1. The third-order valence-corrected chi connectivity index (χ3v) is 2.29. The number of hydrogen-bond donors (Lipinski definition) is 2. The van der Waals surface area contributed by atoms with Gasteiger partial charge in [-0.2, -0.15) is 0 Å². The smallest absolute Gasteiger partial charge is 0.122 e. The maximum atomic E-state index is 9.47. The van der Waals surface area contributed by atoms with Crippen LogP contribution in [-0.4, -0.2) is 24.4 Å². The van der Waals surface area contributed by atoms with Gasteiger partial charge in [0.2, 0.25) is 0 Å². The molecule has 0 aromatic heterocycles. The summed E-state index contributed by atoms with van der Waals surface area (Å²) in [6.45, 7) is 2.74. The summed E-state index contributed by atoms with van der Waals surface area (Å²) in [4.78, 5) is 0. The van der Waals surface area contributed by atoms with E-state index in [1.807, 2.05) is 13.0 Å². The molecular formula is C11H16ClNO2. The molecule has 3 nitrogen and oxygen atoms in total. The van der Waals surface area contributed by atoms with Crippen LogP contribution in [0, 0.1) is 0 Å². The molecule has 0 saturated heterocycles. The molecule has 1 aromatic carbocycles. The normalized spacial score (nSPS) is 12.5. The Labute approximate surface area is 94.8 Å². The Morgan fingerprint density at radius 2 is 2.27 bits per heavy atom. The number of benzene rings is 1. The van der Waals surface area contributed by atoms with Crippen LogP contribution in [0.1, 0.15) is 12.5 Å². The summed E-state index contributed by atoms with van der Waals surface area (Å²) in [5.41, 5.74) is 6.25. The lowest BCUT2D eigenvalue weighted by molar-refractivity contribution is 0.181. The number of aliphatic hydroxyl groups excluding tert-OH is 1. The first-order valence-electron chi connectivity index (χ1n) is 4.96. The molecule has 1 aromatic rings. The molecule has 0 bridgehead atoms. The fourth-order valence-corrected chi connectivity index (χ4v) is 1.54. The summed E-state index contributed by atoms with van der Waals surface area (Å²) in [7, 11) is 0. The first kappa shape index (κ1) is 12.3. The van der Waals surface area contributed by atoms with Gasteiger partial charge in [0.1, 0.15) is 5.75 Å². The van der Waals surface area contributed by atoms with Gasteiger partial charge >= 0.3 is 0 Å². The highest BCUT2D eigenvalue weighted by Gasteiger charge is 2.09. The standard InChI is InChI=1S/C11H16ClNO2/c1-2-15-11-4-3-9(12)5-8(11)6-10(14)7-13/h3-5,10,14H,2,6-7,13H2,1H3. The average molecular weight is 230 g/mol. The largest absolute Gasteiger partial charge is 0.494 e. The Morgan fingerprint density at radius 3 is 2.87 bits per heavy atom. The molecule has 1 unspecified atom stereocenters. The zero-order chi connectivity index (χ0) is 11.3. The van der Waals surface area contributed by atoms with E-state index in [0.717, 1.165) is 11.3 Å². The van der Waals surface area contributed by atoms with Crippen LogP contribution in [0.4, 0.5) is 0 Å². The third kappa shape index (κ3) is 3.70. The van der Waals surface area contributed by atoms with Gasteiger partial charge in [-0.3, -0.25) is 0 Å². The van der Waals surface area contributed by atoms with Gasteiger partial charge in [-0.15, -0.1) is 0 Å². The summed E-state index contributed by atoms with van der Waals surface area (Å²) in [6.07, 6.45) is -0.0884. The van der Waals surface area contributed by atoms with Crippen LogP contribution >= 0.6 is 11.6 Å². The van der Waals surface area contributed by atoms with Crippen LogP contribution in [0.5, 0.6) is 5.75 Å². The Bertz CT molecular complexity index is 317. The molecule has 15 heavy (non-hydrogen) atoms. The predicted molar refractivity (Wildman–Crippen MR) is 61.4 cm³/mol. The van der Waals surface area contributed by atoms with Gasteiger partial charge in [-0.1, -0.05) is 11.6 Å². The number of rotatable bonds is 5. The quantitative estimate of drug-likeness (QED) is 0.807. The number of hydrogen-bond acceptors (Lipinski definition) is 3. The van der Waals surface area contributed by atoms with Crippen molar-refractivity contribution < 1.29 is 9.84 Å². The van der Waals surface area contributed by atoms with E-state index in [-0.39, 0.29) is 6.54 Å². The van der Waals surface area contributed by atoms with E-state index in [0.29, 0.717) is 18.1 Å². The fraction of sp³-hybridized carbons (Fsp3) is 0.455. The van der Waals surface area contributed by atoms with Crippen molar-refractivity contribution in [3.05, 3.63) is 28.8 Å². The first-order valence-corrected chi connectivity index (χ1v) is 5.34. The van der Waals surface area contributed by atoms with Crippen molar-refractivity contribution >= 4 is 11.6 Å². The van der Waals surface area contributed by atoms with Gasteiger partial charge in [-0.05, 0) is 30.7 Å². The summed E-state index contributed by atoms with van der Waals surface area (Å²) < 4.78 is 5.43. The molecule has 3 N–H and O–H groups in total. The predicted octanol–water partition coefficient (Wildman–Crippen LogP) is 1.60. The van der Waals surface area contributed by atoms with Crippen molar-refractivity contribution in [2.24, 2.45) is 5.73 Å². The lowest BCUT2D eigenvalue weighted by Crippen LogP contribution is -2.22. The maximum absolute atomic E-state index is 9.47. The summed E-state index contributed by atoms with van der Waals surface area (Å²) >= 11 is 5.88. The summed E-state index contributed by atoms with van der Waals surface area (Å²) in [5.74, 6) is 0.759. The molecule has 0 aliphatic rings. The van der Waals surface area contributed by atoms with E-state index in [4.69, 9.17) is 22.1 Å². The Hall–Kier alpha value is -0.770. The molecule has 0 aliphatic carbocycles. The maximum Gasteiger partial charge on any atom is 0.122 e. The number of ether oxygens (including phenoxy) is 1. The van der Waals surface area contributed by atoms with Gasteiger partial charge < -0.3 is 15.6 Å². The minimum atomic E-state index is -0.553. The third-order valence-electron chi connectivity index (χ3n) is 2.05. The van der Waals surface area contributed by atoms with Crippen molar-refractivity contribution in [2.45, 2.75) is 19.4 Å².